The highest BCUT2D eigenvalue weighted by molar-refractivity contribution is 7.85. The molecule has 25 heavy (non-hydrogen) atoms. The molecule has 4 aromatic carbocycles. The Hall–Kier alpha value is -2.57. The third-order valence-corrected chi connectivity index (χ3v) is 7.64. The summed E-state index contributed by atoms with van der Waals surface area (Å²) in [5, 5.41) is 4.91. The fourth-order valence-electron chi connectivity index (χ4n) is 3.27. The molecule has 0 aromatic heterocycles. The molecule has 0 aliphatic heterocycles. The van der Waals surface area contributed by atoms with Gasteiger partial charge in [0.05, 0.1) is 0 Å². The first kappa shape index (κ1) is 15.9. The Bertz CT molecular complexity index is 1030. The minimum atomic E-state index is -2.89. The first-order chi connectivity index (χ1) is 12.2. The predicted octanol–water partition coefficient (Wildman–Crippen LogP) is 2.74. The van der Waals surface area contributed by atoms with Crippen LogP contribution in [0, 0.1) is 0 Å². The Balaban J connectivity index is 1.99. The Morgan fingerprint density at radius 3 is 1.68 bits per heavy atom. The molecule has 0 heterocycles. The van der Waals surface area contributed by atoms with Gasteiger partial charge in [-0.2, -0.15) is 0 Å². The van der Waals surface area contributed by atoms with E-state index in [4.69, 9.17) is 0 Å². The van der Waals surface area contributed by atoms with Crippen LogP contribution in [0.1, 0.15) is 0 Å². The van der Waals surface area contributed by atoms with E-state index in [0.717, 1.165) is 21.3 Å². The summed E-state index contributed by atoms with van der Waals surface area (Å²) in [6, 6.07) is 32.1. The molecule has 0 fully saturated rings. The van der Waals surface area contributed by atoms with Gasteiger partial charge in [-0.05, 0) is 16.8 Å². The average molecular weight is 340 g/mol. The van der Waals surface area contributed by atoms with Crippen LogP contribution in [0.15, 0.2) is 97.1 Å². The fourth-order valence-corrected chi connectivity index (χ4v) is 5.96. The van der Waals surface area contributed by atoms with Crippen LogP contribution in [0.25, 0.3) is 10.8 Å². The van der Waals surface area contributed by atoms with Gasteiger partial charge in [-0.15, -0.1) is 0 Å². The zero-order chi connectivity index (χ0) is 17.3. The van der Waals surface area contributed by atoms with Gasteiger partial charge in [-0.3, -0.25) is 0 Å². The highest BCUT2D eigenvalue weighted by atomic mass is 31.2. The summed E-state index contributed by atoms with van der Waals surface area (Å²) in [7, 11) is -0.803. The van der Waals surface area contributed by atoms with Crippen molar-refractivity contribution in [2.24, 2.45) is 0 Å². The summed E-state index contributed by atoms with van der Waals surface area (Å²) in [4.78, 5) is 0. The third-order valence-electron chi connectivity index (χ3n) is 4.58. The number of hydrogen-bond donors (Lipinski definition) is 0. The second-order valence-electron chi connectivity index (χ2n) is 6.32. The fraction of sp³-hybridized carbons (Fsp3) is 0. The molecule has 0 N–H and O–H groups in total. The van der Waals surface area contributed by atoms with E-state index in [1.165, 1.54) is 10.8 Å². The largest absolute Gasteiger partial charge is 0.309 e. The highest BCUT2D eigenvalue weighted by Crippen LogP contribution is 2.42. The number of rotatable bonds is 3. The molecule has 120 valence electrons. The Morgan fingerprint density at radius 2 is 1.08 bits per heavy atom. The van der Waals surface area contributed by atoms with E-state index in [1.807, 2.05) is 66.7 Å². The van der Waals surface area contributed by atoms with Crippen LogP contribution in [0.4, 0.5) is 0 Å². The van der Waals surface area contributed by atoms with Crippen molar-refractivity contribution in [1.29, 1.82) is 0 Å². The van der Waals surface area contributed by atoms with Gasteiger partial charge in [0.1, 0.15) is 7.85 Å². The lowest BCUT2D eigenvalue weighted by molar-refractivity contribution is 0.592. The van der Waals surface area contributed by atoms with Gasteiger partial charge in [-0.25, -0.2) is 0 Å². The summed E-state index contributed by atoms with van der Waals surface area (Å²) < 4.78 is 14.3. The van der Waals surface area contributed by atoms with Crippen molar-refractivity contribution in [2.45, 2.75) is 0 Å². The zero-order valence-corrected chi connectivity index (χ0v) is 15.0. The molecule has 0 atom stereocenters. The minimum Gasteiger partial charge on any atom is -0.309 e. The summed E-state index contributed by atoms with van der Waals surface area (Å²) in [6.07, 6.45) is 0. The van der Waals surface area contributed by atoms with Crippen LogP contribution in [-0.2, 0) is 4.57 Å². The molecule has 3 heteroatoms. The maximum atomic E-state index is 14.3. The van der Waals surface area contributed by atoms with Crippen molar-refractivity contribution < 1.29 is 4.57 Å². The van der Waals surface area contributed by atoms with Gasteiger partial charge >= 0.3 is 0 Å². The summed E-state index contributed by atoms with van der Waals surface area (Å²) >= 11 is 0. The second kappa shape index (κ2) is 6.39. The quantitative estimate of drug-likeness (QED) is 0.414. The maximum absolute atomic E-state index is 14.3. The normalized spacial score (nSPS) is 11.5. The maximum Gasteiger partial charge on any atom is 0.171 e. The van der Waals surface area contributed by atoms with Crippen LogP contribution < -0.4 is 21.4 Å². The van der Waals surface area contributed by atoms with E-state index in [1.54, 1.807) is 0 Å². The molecule has 1 nitrogen and oxygen atoms in total. The molecule has 4 rings (SSSR count). The van der Waals surface area contributed by atoms with Gasteiger partial charge in [-0.1, -0.05) is 96.5 Å². The molecule has 0 bridgehead atoms. The first-order valence-corrected chi connectivity index (χ1v) is 10.1. The van der Waals surface area contributed by atoms with Crippen molar-refractivity contribution in [2.75, 3.05) is 0 Å². The number of hydrogen-bond acceptors (Lipinski definition) is 1. The molecular weight excluding hydrogens is 322 g/mol. The van der Waals surface area contributed by atoms with Gasteiger partial charge < -0.3 is 4.57 Å². The number of benzene rings is 4. The van der Waals surface area contributed by atoms with Gasteiger partial charge in [0.2, 0.25) is 0 Å². The molecule has 0 spiro atoms. The lowest BCUT2D eigenvalue weighted by Crippen LogP contribution is -2.24. The molecule has 0 saturated heterocycles. The van der Waals surface area contributed by atoms with Gasteiger partial charge in [0.15, 0.2) is 7.14 Å². The lowest BCUT2D eigenvalue weighted by Gasteiger charge is -2.20. The summed E-state index contributed by atoms with van der Waals surface area (Å²) in [6.45, 7) is 0. The Kier molecular flexibility index (Phi) is 4.07. The molecular formula is C22H18BOP. The van der Waals surface area contributed by atoms with Crippen LogP contribution in [0.2, 0.25) is 0 Å². The molecule has 0 amide bonds. The molecule has 0 aliphatic rings. The molecule has 0 saturated carbocycles. The first-order valence-electron chi connectivity index (χ1n) is 8.40. The predicted molar refractivity (Wildman–Crippen MR) is 112 cm³/mol. The lowest BCUT2D eigenvalue weighted by atomic mass is 9.94. The van der Waals surface area contributed by atoms with Crippen molar-refractivity contribution in [3.05, 3.63) is 97.1 Å². The van der Waals surface area contributed by atoms with E-state index in [2.05, 4.69) is 38.2 Å². The van der Waals surface area contributed by atoms with Crippen molar-refractivity contribution in [3.63, 3.8) is 0 Å². The van der Waals surface area contributed by atoms with E-state index < -0.39 is 7.14 Å². The minimum absolute atomic E-state index is 0.868. The molecule has 0 unspecified atom stereocenters. The Labute approximate surface area is 149 Å². The van der Waals surface area contributed by atoms with Crippen LogP contribution in [0.3, 0.4) is 0 Å². The topological polar surface area (TPSA) is 17.1 Å². The van der Waals surface area contributed by atoms with Gasteiger partial charge in [0, 0.05) is 15.9 Å². The monoisotopic (exact) mass is 340 g/mol. The zero-order valence-electron chi connectivity index (χ0n) is 14.1. The van der Waals surface area contributed by atoms with Gasteiger partial charge in [0.25, 0.3) is 0 Å². The summed E-state index contributed by atoms with van der Waals surface area (Å²) in [5.41, 5.74) is 1.23. The second-order valence-corrected chi connectivity index (χ2v) is 9.08. The van der Waals surface area contributed by atoms with E-state index in [0.29, 0.717) is 0 Å². The van der Waals surface area contributed by atoms with Crippen LogP contribution in [-0.4, -0.2) is 7.85 Å². The van der Waals surface area contributed by atoms with Crippen LogP contribution >= 0.6 is 7.14 Å². The van der Waals surface area contributed by atoms with Crippen molar-refractivity contribution >= 4 is 47.1 Å². The molecule has 0 radical (unpaired) electrons. The smallest absolute Gasteiger partial charge is 0.171 e. The van der Waals surface area contributed by atoms with E-state index in [-0.39, 0.29) is 0 Å². The van der Waals surface area contributed by atoms with Crippen molar-refractivity contribution in [1.82, 2.24) is 0 Å². The average Bonchev–Trinajstić information content (AvgIpc) is 2.68. The highest BCUT2D eigenvalue weighted by Gasteiger charge is 2.29. The summed E-state index contributed by atoms with van der Waals surface area (Å²) in [5.74, 6) is 0. The van der Waals surface area contributed by atoms with E-state index >= 15 is 0 Å². The third kappa shape index (κ3) is 2.84. The van der Waals surface area contributed by atoms with Crippen LogP contribution in [0.5, 0.6) is 0 Å². The molecule has 0 aliphatic carbocycles. The number of fused-ring (bicyclic) bond motifs is 1. The van der Waals surface area contributed by atoms with Crippen molar-refractivity contribution in [3.8, 4) is 0 Å². The standard InChI is InChI=1S/C22H18BOP/c23-19-13-11-18-16-22(14-12-17(18)15-19)25(24,20-7-3-1-4-8-20)21-9-5-2-6-10-21/h1-16H,23H2. The Morgan fingerprint density at radius 1 is 0.560 bits per heavy atom. The molecule has 4 aromatic rings. The SMILES string of the molecule is Bc1ccc2cc(P(=O)(c3ccccc3)c3ccccc3)ccc2c1. The van der Waals surface area contributed by atoms with E-state index in [9.17, 15) is 4.57 Å².